The molecule has 0 bridgehead atoms. The topological polar surface area (TPSA) is 6.48 Å². The maximum atomic E-state index is 4.45. The molecule has 0 aromatic heterocycles. The molecule has 2 nitrogen and oxygen atoms in total. The zero-order chi connectivity index (χ0) is 14.9. The first-order chi connectivity index (χ1) is 10.3. The molecule has 0 aromatic carbocycles. The van der Waals surface area contributed by atoms with E-state index in [1.54, 1.807) is 0 Å². The molecule has 0 aromatic rings. The summed E-state index contributed by atoms with van der Waals surface area (Å²) in [6, 6.07) is 1.48. The third kappa shape index (κ3) is 6.15. The highest BCUT2D eigenvalue weighted by atomic mass is 28.2. The van der Waals surface area contributed by atoms with Gasteiger partial charge in [0.1, 0.15) is 0 Å². The second-order valence-corrected chi connectivity index (χ2v) is 9.70. The van der Waals surface area contributed by atoms with Crippen LogP contribution in [0.1, 0.15) is 58.3 Å². The second-order valence-electron chi connectivity index (χ2n) is 7.19. The van der Waals surface area contributed by atoms with Crippen LogP contribution in [0.25, 0.3) is 0 Å². The van der Waals surface area contributed by atoms with E-state index < -0.39 is 0 Å². The van der Waals surface area contributed by atoms with E-state index in [0.717, 1.165) is 5.54 Å². The Labute approximate surface area is 134 Å². The molecule has 2 heterocycles. The lowest BCUT2D eigenvalue weighted by atomic mass is 10.2. The van der Waals surface area contributed by atoms with Crippen molar-refractivity contribution in [2.24, 2.45) is 0 Å². The fourth-order valence-electron chi connectivity index (χ4n) is 3.82. The number of hydrogen-bond donors (Lipinski definition) is 0. The van der Waals surface area contributed by atoms with E-state index in [9.17, 15) is 0 Å². The van der Waals surface area contributed by atoms with Crippen LogP contribution in [0, 0.1) is 0 Å². The quantitative estimate of drug-likeness (QED) is 0.691. The van der Waals surface area contributed by atoms with E-state index in [2.05, 4.69) is 23.3 Å². The monoisotopic (exact) mass is 308 g/mol. The van der Waals surface area contributed by atoms with Crippen molar-refractivity contribution in [3.05, 3.63) is 12.3 Å². The number of allylic oxidation sites excluding steroid dienone is 1. The predicted molar refractivity (Wildman–Crippen MR) is 96.9 cm³/mol. The first kappa shape index (κ1) is 17.1. The molecule has 2 aliphatic rings. The molecule has 21 heavy (non-hydrogen) atoms. The van der Waals surface area contributed by atoms with Crippen LogP contribution in [0.15, 0.2) is 12.3 Å². The number of hydrogen-bond acceptors (Lipinski definition) is 2. The third-order valence-electron chi connectivity index (χ3n) is 5.39. The van der Waals surface area contributed by atoms with Gasteiger partial charge in [0, 0.05) is 28.3 Å². The van der Waals surface area contributed by atoms with Gasteiger partial charge in [-0.2, -0.15) is 0 Å². The van der Waals surface area contributed by atoms with Crippen LogP contribution in [-0.4, -0.2) is 52.0 Å². The maximum absolute atomic E-state index is 4.45. The minimum atomic E-state index is -0.00731. The molecule has 2 saturated heterocycles. The lowest BCUT2D eigenvalue weighted by Gasteiger charge is -2.29. The Morgan fingerprint density at radius 1 is 0.905 bits per heavy atom. The van der Waals surface area contributed by atoms with Crippen molar-refractivity contribution in [2.75, 3.05) is 32.7 Å². The first-order valence-electron chi connectivity index (χ1n) is 9.43. The van der Waals surface area contributed by atoms with Crippen molar-refractivity contribution in [3.63, 3.8) is 0 Å². The van der Waals surface area contributed by atoms with Crippen LogP contribution >= 0.6 is 0 Å². The summed E-state index contributed by atoms with van der Waals surface area (Å²) in [5.74, 6) is 0. The minimum absolute atomic E-state index is 0.00731. The van der Waals surface area contributed by atoms with Gasteiger partial charge in [-0.05, 0) is 56.9 Å². The molecular formula is C18H36N2Si. The van der Waals surface area contributed by atoms with E-state index in [0.29, 0.717) is 0 Å². The summed E-state index contributed by atoms with van der Waals surface area (Å²) in [5, 5.41) is 0. The van der Waals surface area contributed by atoms with Crippen LogP contribution in [0.5, 0.6) is 0 Å². The Hall–Kier alpha value is -0.283. The molecule has 0 saturated carbocycles. The van der Waals surface area contributed by atoms with Gasteiger partial charge in [0.05, 0.1) is 0 Å². The molecule has 1 unspecified atom stereocenters. The van der Waals surface area contributed by atoms with E-state index >= 15 is 0 Å². The van der Waals surface area contributed by atoms with E-state index in [4.69, 9.17) is 0 Å². The Balaban J connectivity index is 1.65. The molecule has 122 valence electrons. The molecule has 0 N–H and O–H groups in total. The Morgan fingerprint density at radius 2 is 1.43 bits per heavy atom. The molecule has 0 spiro atoms. The fourth-order valence-corrected chi connectivity index (χ4v) is 5.65. The molecule has 0 amide bonds. The van der Waals surface area contributed by atoms with Crippen molar-refractivity contribution in [2.45, 2.75) is 69.9 Å². The van der Waals surface area contributed by atoms with Crippen molar-refractivity contribution in [1.29, 1.82) is 0 Å². The van der Waals surface area contributed by atoms with Crippen LogP contribution in [0.2, 0.25) is 11.6 Å². The van der Waals surface area contributed by atoms with Crippen LogP contribution in [0.3, 0.4) is 0 Å². The Morgan fingerprint density at radius 3 is 2.00 bits per heavy atom. The van der Waals surface area contributed by atoms with Crippen molar-refractivity contribution in [1.82, 2.24) is 9.80 Å². The van der Waals surface area contributed by atoms with E-state index in [-0.39, 0.29) is 9.52 Å². The molecule has 0 aliphatic carbocycles. The summed E-state index contributed by atoms with van der Waals surface area (Å²) in [7, 11) is -0.00731. The Kier molecular flexibility index (Phi) is 7.87. The average Bonchev–Trinajstić information content (AvgIpc) is 2.91. The van der Waals surface area contributed by atoms with E-state index in [1.807, 2.05) is 0 Å². The summed E-state index contributed by atoms with van der Waals surface area (Å²) in [5.41, 5.74) is 2.27. The molecule has 2 rings (SSSR count). The van der Waals surface area contributed by atoms with Gasteiger partial charge in [0.15, 0.2) is 0 Å². The van der Waals surface area contributed by atoms with Gasteiger partial charge in [-0.25, -0.2) is 0 Å². The lowest BCUT2D eigenvalue weighted by molar-refractivity contribution is 0.300. The predicted octanol–water partition coefficient (Wildman–Crippen LogP) is 3.65. The first-order valence-corrected chi connectivity index (χ1v) is 11.2. The number of nitrogens with zero attached hydrogens (tertiary/aromatic N) is 2. The fraction of sp³-hybridized carbons (Fsp3) is 0.889. The molecule has 2 aliphatic heterocycles. The third-order valence-corrected chi connectivity index (χ3v) is 7.45. The standard InChI is InChI=1S/C18H36N2Si/c1-17(20-13-9-5-6-10-14-20)18(2)21-16-15-19-11-7-3-4-8-12-19/h18H,1,3-16,21H2,2H3. The Bertz CT molecular complexity index is 290. The van der Waals surface area contributed by atoms with Gasteiger partial charge in [-0.15, -0.1) is 0 Å². The van der Waals surface area contributed by atoms with Gasteiger partial charge in [-0.1, -0.05) is 39.2 Å². The maximum Gasteiger partial charge on any atom is 0.0315 e. The molecule has 2 fully saturated rings. The normalized spacial score (nSPS) is 24.0. The number of likely N-dealkylation sites (tertiary alicyclic amines) is 2. The molecule has 1 atom stereocenters. The summed E-state index contributed by atoms with van der Waals surface area (Å²) < 4.78 is 0. The summed E-state index contributed by atoms with van der Waals surface area (Å²) in [4.78, 5) is 5.33. The SMILES string of the molecule is C=C(C(C)[SiH2]CCN1CCCCCC1)N1CCCCCC1. The molecule has 0 radical (unpaired) electrons. The zero-order valence-corrected chi connectivity index (χ0v) is 15.7. The lowest BCUT2D eigenvalue weighted by Crippen LogP contribution is -2.29. The largest absolute Gasteiger partial charge is 0.375 e. The van der Waals surface area contributed by atoms with Crippen molar-refractivity contribution < 1.29 is 0 Å². The highest BCUT2D eigenvalue weighted by molar-refractivity contribution is 6.38. The van der Waals surface area contributed by atoms with Gasteiger partial charge in [0.2, 0.25) is 0 Å². The molecule has 3 heteroatoms. The molecular weight excluding hydrogens is 272 g/mol. The number of rotatable bonds is 6. The average molecular weight is 309 g/mol. The minimum Gasteiger partial charge on any atom is -0.375 e. The van der Waals surface area contributed by atoms with Gasteiger partial charge < -0.3 is 9.80 Å². The zero-order valence-electron chi connectivity index (χ0n) is 14.3. The highest BCUT2D eigenvalue weighted by Gasteiger charge is 2.16. The highest BCUT2D eigenvalue weighted by Crippen LogP contribution is 2.23. The van der Waals surface area contributed by atoms with E-state index in [1.165, 1.54) is 95.8 Å². The second kappa shape index (κ2) is 9.68. The van der Waals surface area contributed by atoms with Crippen LogP contribution in [0.4, 0.5) is 0 Å². The van der Waals surface area contributed by atoms with Crippen LogP contribution in [-0.2, 0) is 0 Å². The summed E-state index contributed by atoms with van der Waals surface area (Å²) >= 11 is 0. The summed E-state index contributed by atoms with van der Waals surface area (Å²) in [6.07, 6.45) is 11.4. The van der Waals surface area contributed by atoms with Crippen molar-refractivity contribution >= 4 is 9.52 Å². The van der Waals surface area contributed by atoms with Crippen molar-refractivity contribution in [3.8, 4) is 0 Å². The smallest absolute Gasteiger partial charge is 0.0315 e. The summed E-state index contributed by atoms with van der Waals surface area (Å²) in [6.45, 7) is 13.5. The van der Waals surface area contributed by atoms with Gasteiger partial charge in [0.25, 0.3) is 0 Å². The van der Waals surface area contributed by atoms with Crippen LogP contribution < -0.4 is 0 Å². The van der Waals surface area contributed by atoms with Gasteiger partial charge in [-0.3, -0.25) is 0 Å². The van der Waals surface area contributed by atoms with Gasteiger partial charge >= 0.3 is 0 Å².